The van der Waals surface area contributed by atoms with E-state index in [9.17, 15) is 9.59 Å². The van der Waals surface area contributed by atoms with Gasteiger partial charge in [-0.1, -0.05) is 0 Å². The number of esters is 1. The van der Waals surface area contributed by atoms with E-state index in [4.69, 9.17) is 13.9 Å². The number of aryl methyl sites for hydroxylation is 1. The molecule has 3 aromatic rings. The second-order valence-corrected chi connectivity index (χ2v) is 7.04. The van der Waals surface area contributed by atoms with Gasteiger partial charge in [-0.3, -0.25) is 4.79 Å². The number of carbonyl (C=O) groups is 2. The van der Waals surface area contributed by atoms with E-state index in [-0.39, 0.29) is 19.1 Å². The van der Waals surface area contributed by atoms with Gasteiger partial charge in [0.25, 0.3) is 5.91 Å². The van der Waals surface area contributed by atoms with E-state index in [0.717, 1.165) is 16.0 Å². The highest BCUT2D eigenvalue weighted by Gasteiger charge is 2.22. The molecule has 2 heterocycles. The van der Waals surface area contributed by atoms with Crippen LogP contribution < -0.4 is 10.1 Å². The Morgan fingerprint density at radius 3 is 2.61 bits per heavy atom. The van der Waals surface area contributed by atoms with Gasteiger partial charge in [-0.2, -0.15) is 0 Å². The molecule has 0 aliphatic heterocycles. The van der Waals surface area contributed by atoms with Gasteiger partial charge in [0, 0.05) is 10.4 Å². The van der Waals surface area contributed by atoms with E-state index in [1.807, 2.05) is 13.8 Å². The molecule has 0 atom stereocenters. The van der Waals surface area contributed by atoms with Crippen LogP contribution in [0.4, 0.5) is 5.00 Å². The Labute approximate surface area is 165 Å². The molecule has 0 bridgehead atoms. The molecule has 9 heteroatoms. The number of thiophene rings is 1. The molecule has 146 valence electrons. The van der Waals surface area contributed by atoms with Crippen molar-refractivity contribution in [3.63, 3.8) is 0 Å². The van der Waals surface area contributed by atoms with Gasteiger partial charge in [-0.15, -0.1) is 21.5 Å². The van der Waals surface area contributed by atoms with Crippen molar-refractivity contribution in [1.82, 2.24) is 10.2 Å². The summed E-state index contributed by atoms with van der Waals surface area (Å²) < 4.78 is 15.7. The number of aromatic nitrogens is 2. The lowest BCUT2D eigenvalue weighted by Gasteiger charge is -2.09. The number of rotatable bonds is 7. The van der Waals surface area contributed by atoms with E-state index in [1.165, 1.54) is 17.7 Å². The zero-order valence-corrected chi connectivity index (χ0v) is 16.5. The SMILES string of the molecule is CCOC(=O)c1c(NC(=O)COc2ccc(-c3nnco3)cc2)sc(C)c1C. The molecular weight excluding hydrogens is 382 g/mol. The van der Waals surface area contributed by atoms with Crippen LogP contribution in [0.5, 0.6) is 5.75 Å². The van der Waals surface area contributed by atoms with Crippen LogP contribution in [0.15, 0.2) is 35.1 Å². The van der Waals surface area contributed by atoms with Crippen LogP contribution in [0.2, 0.25) is 0 Å². The van der Waals surface area contributed by atoms with Crippen molar-refractivity contribution in [3.05, 3.63) is 46.7 Å². The smallest absolute Gasteiger partial charge is 0.341 e. The molecule has 28 heavy (non-hydrogen) atoms. The second kappa shape index (κ2) is 8.66. The molecule has 2 aromatic heterocycles. The lowest BCUT2D eigenvalue weighted by atomic mass is 10.1. The van der Waals surface area contributed by atoms with E-state index >= 15 is 0 Å². The first kappa shape index (κ1) is 19.6. The maximum atomic E-state index is 12.3. The third kappa shape index (κ3) is 4.37. The van der Waals surface area contributed by atoms with Gasteiger partial charge in [-0.25, -0.2) is 4.79 Å². The first-order valence-electron chi connectivity index (χ1n) is 8.56. The summed E-state index contributed by atoms with van der Waals surface area (Å²) in [5.41, 5.74) is 1.94. The fourth-order valence-corrected chi connectivity index (χ4v) is 3.53. The van der Waals surface area contributed by atoms with Gasteiger partial charge in [0.15, 0.2) is 6.61 Å². The molecule has 0 saturated carbocycles. The standard InChI is InChI=1S/C19H19N3O5S/c1-4-25-19(24)16-11(2)12(3)28-18(16)21-15(23)9-26-14-7-5-13(6-8-14)17-22-20-10-27-17/h5-8,10H,4,9H2,1-3H3,(H,21,23). The van der Waals surface area contributed by atoms with E-state index in [0.29, 0.717) is 22.2 Å². The number of hydrogen-bond acceptors (Lipinski definition) is 8. The van der Waals surface area contributed by atoms with Crippen LogP contribution in [-0.4, -0.2) is 35.3 Å². The highest BCUT2D eigenvalue weighted by molar-refractivity contribution is 7.16. The van der Waals surface area contributed by atoms with Crippen molar-refractivity contribution < 1.29 is 23.5 Å². The van der Waals surface area contributed by atoms with E-state index in [1.54, 1.807) is 31.2 Å². The third-order valence-electron chi connectivity index (χ3n) is 3.95. The monoisotopic (exact) mass is 401 g/mol. The Morgan fingerprint density at radius 1 is 1.21 bits per heavy atom. The molecule has 3 rings (SSSR count). The lowest BCUT2D eigenvalue weighted by Crippen LogP contribution is -2.21. The second-order valence-electron chi connectivity index (χ2n) is 5.81. The van der Waals surface area contributed by atoms with Crippen molar-refractivity contribution >= 4 is 28.2 Å². The molecule has 0 unspecified atom stereocenters. The zero-order valence-electron chi connectivity index (χ0n) is 15.6. The maximum Gasteiger partial charge on any atom is 0.341 e. The highest BCUT2D eigenvalue weighted by Crippen LogP contribution is 2.33. The Hall–Kier alpha value is -3.20. The number of amides is 1. The predicted octanol–water partition coefficient (Wildman–Crippen LogP) is 3.61. The van der Waals surface area contributed by atoms with Gasteiger partial charge in [0.05, 0.1) is 12.2 Å². The summed E-state index contributed by atoms with van der Waals surface area (Å²) in [6, 6.07) is 6.92. The molecule has 0 aliphatic carbocycles. The summed E-state index contributed by atoms with van der Waals surface area (Å²) in [5.74, 6) is 0.103. The summed E-state index contributed by atoms with van der Waals surface area (Å²) in [4.78, 5) is 25.4. The summed E-state index contributed by atoms with van der Waals surface area (Å²) in [5, 5.41) is 10.7. The Balaban J connectivity index is 1.62. The van der Waals surface area contributed by atoms with E-state index in [2.05, 4.69) is 15.5 Å². The number of ether oxygens (including phenoxy) is 2. The summed E-state index contributed by atoms with van der Waals surface area (Å²) >= 11 is 1.33. The quantitative estimate of drug-likeness (QED) is 0.603. The number of hydrogen-bond donors (Lipinski definition) is 1. The van der Waals surface area contributed by atoms with Gasteiger partial charge < -0.3 is 19.2 Å². The van der Waals surface area contributed by atoms with Crippen LogP contribution >= 0.6 is 11.3 Å². The summed E-state index contributed by atoms with van der Waals surface area (Å²) in [6.45, 7) is 5.53. The first-order valence-corrected chi connectivity index (χ1v) is 9.37. The Morgan fingerprint density at radius 2 is 1.96 bits per heavy atom. The molecule has 1 aromatic carbocycles. The Bertz CT molecular complexity index is 964. The van der Waals surface area contributed by atoms with Crippen molar-refractivity contribution in [2.24, 2.45) is 0 Å². The molecule has 1 N–H and O–H groups in total. The average Bonchev–Trinajstić information content (AvgIpc) is 3.30. The van der Waals surface area contributed by atoms with Crippen LogP contribution in [-0.2, 0) is 9.53 Å². The van der Waals surface area contributed by atoms with Crippen molar-refractivity contribution in [2.45, 2.75) is 20.8 Å². The van der Waals surface area contributed by atoms with Gasteiger partial charge in [0.1, 0.15) is 10.8 Å². The van der Waals surface area contributed by atoms with Crippen LogP contribution in [0.25, 0.3) is 11.5 Å². The lowest BCUT2D eigenvalue weighted by molar-refractivity contribution is -0.118. The van der Waals surface area contributed by atoms with E-state index < -0.39 is 5.97 Å². The van der Waals surface area contributed by atoms with Crippen molar-refractivity contribution in [1.29, 1.82) is 0 Å². The molecule has 8 nitrogen and oxygen atoms in total. The molecule has 0 saturated heterocycles. The molecule has 1 amide bonds. The van der Waals surface area contributed by atoms with Crippen LogP contribution in [0.1, 0.15) is 27.7 Å². The number of benzene rings is 1. The fraction of sp³-hybridized carbons (Fsp3) is 0.263. The summed E-state index contributed by atoms with van der Waals surface area (Å²) in [6.07, 6.45) is 1.25. The highest BCUT2D eigenvalue weighted by atomic mass is 32.1. The fourth-order valence-electron chi connectivity index (χ4n) is 2.47. The minimum atomic E-state index is -0.447. The van der Waals surface area contributed by atoms with Crippen molar-refractivity contribution in [2.75, 3.05) is 18.5 Å². The minimum Gasteiger partial charge on any atom is -0.484 e. The van der Waals surface area contributed by atoms with Gasteiger partial charge in [-0.05, 0) is 50.6 Å². The normalized spacial score (nSPS) is 10.5. The maximum absolute atomic E-state index is 12.3. The molecule has 0 spiro atoms. The topological polar surface area (TPSA) is 104 Å². The zero-order chi connectivity index (χ0) is 20.1. The molecule has 0 fully saturated rings. The van der Waals surface area contributed by atoms with Gasteiger partial charge >= 0.3 is 5.97 Å². The first-order chi connectivity index (χ1) is 13.5. The average molecular weight is 401 g/mol. The molecule has 0 radical (unpaired) electrons. The number of carbonyl (C=O) groups excluding carboxylic acids is 2. The Kier molecular flexibility index (Phi) is 6.05. The predicted molar refractivity (Wildman–Crippen MR) is 104 cm³/mol. The number of nitrogens with one attached hydrogen (secondary N) is 1. The summed E-state index contributed by atoms with van der Waals surface area (Å²) in [7, 11) is 0. The third-order valence-corrected chi connectivity index (χ3v) is 5.07. The molecular formula is C19H19N3O5S. The van der Waals surface area contributed by atoms with Crippen LogP contribution in [0, 0.1) is 13.8 Å². The van der Waals surface area contributed by atoms with Crippen LogP contribution in [0.3, 0.4) is 0 Å². The molecule has 0 aliphatic rings. The number of nitrogens with zero attached hydrogens (tertiary/aromatic N) is 2. The largest absolute Gasteiger partial charge is 0.484 e. The number of anilines is 1. The minimum absolute atomic E-state index is 0.196. The van der Waals surface area contributed by atoms with Gasteiger partial charge in [0.2, 0.25) is 12.3 Å². The van der Waals surface area contributed by atoms with Crippen molar-refractivity contribution in [3.8, 4) is 17.2 Å².